The van der Waals surface area contributed by atoms with Gasteiger partial charge in [0.15, 0.2) is 5.78 Å². The highest BCUT2D eigenvalue weighted by atomic mass is 16.5. The molecule has 2 aromatic carbocycles. The Labute approximate surface area is 180 Å². The molecule has 1 aliphatic carbocycles. The number of aromatic amines is 1. The number of hydrogen-bond donors (Lipinski definition) is 2. The van der Waals surface area contributed by atoms with E-state index in [1.54, 1.807) is 0 Å². The number of nitrogens with one attached hydrogen (secondary N) is 2. The minimum absolute atomic E-state index is 0.0312. The molecule has 1 heterocycles. The molecule has 0 saturated carbocycles. The average molecular weight is 416 g/mol. The van der Waals surface area contributed by atoms with Crippen LogP contribution in [0.5, 0.6) is 0 Å². The number of carbonyl (C=O) groups excluding carboxylic acids is 2. The molecule has 3 aromatic rings. The number of H-pyrrole nitrogens is 1. The Kier molecular flexibility index (Phi) is 6.38. The molecule has 31 heavy (non-hydrogen) atoms. The summed E-state index contributed by atoms with van der Waals surface area (Å²) in [6, 6.07) is 19.1. The van der Waals surface area contributed by atoms with Gasteiger partial charge in [-0.3, -0.25) is 14.4 Å². The smallest absolute Gasteiger partial charge is 0.261 e. The van der Waals surface area contributed by atoms with Gasteiger partial charge in [0.1, 0.15) is 5.56 Å². The number of aryl methyl sites for hydroxylation is 1. The summed E-state index contributed by atoms with van der Waals surface area (Å²) in [6.45, 7) is 1.26. The van der Waals surface area contributed by atoms with Crippen LogP contribution in [0.4, 0.5) is 0 Å². The SMILES string of the molecule is O=C1CCCc2[nH]c(=O)c(C(=O)NCc3cccc(COCc4ccccc4)c3)cc21. The lowest BCUT2D eigenvalue weighted by molar-refractivity contribution is 0.0949. The third-order valence-electron chi connectivity index (χ3n) is 5.32. The number of amides is 1. The Hall–Kier alpha value is -3.51. The third-order valence-corrected chi connectivity index (χ3v) is 5.32. The van der Waals surface area contributed by atoms with E-state index in [1.807, 2.05) is 54.6 Å². The van der Waals surface area contributed by atoms with Gasteiger partial charge < -0.3 is 15.0 Å². The van der Waals surface area contributed by atoms with Crippen molar-refractivity contribution in [1.82, 2.24) is 10.3 Å². The van der Waals surface area contributed by atoms with E-state index < -0.39 is 11.5 Å². The van der Waals surface area contributed by atoms with Crippen LogP contribution in [0.1, 0.15) is 55.9 Å². The van der Waals surface area contributed by atoms with Crippen molar-refractivity contribution in [3.8, 4) is 0 Å². The molecule has 2 N–H and O–H groups in total. The highest BCUT2D eigenvalue weighted by Gasteiger charge is 2.21. The summed E-state index contributed by atoms with van der Waals surface area (Å²) in [6.07, 6.45) is 1.81. The van der Waals surface area contributed by atoms with E-state index >= 15 is 0 Å². The summed E-state index contributed by atoms with van der Waals surface area (Å²) in [5.74, 6) is -0.525. The number of hydrogen-bond acceptors (Lipinski definition) is 4. The van der Waals surface area contributed by atoms with Crippen LogP contribution in [-0.4, -0.2) is 16.7 Å². The number of fused-ring (bicyclic) bond motifs is 1. The Morgan fingerprint density at radius 3 is 2.48 bits per heavy atom. The molecule has 0 fully saturated rings. The molecule has 0 unspecified atom stereocenters. The Balaban J connectivity index is 1.36. The fraction of sp³-hybridized carbons (Fsp3) is 0.240. The fourth-order valence-electron chi connectivity index (χ4n) is 3.71. The zero-order valence-corrected chi connectivity index (χ0v) is 17.1. The van der Waals surface area contributed by atoms with Crippen LogP contribution in [0.25, 0.3) is 0 Å². The number of ether oxygens (including phenoxy) is 1. The molecule has 0 atom stereocenters. The predicted molar refractivity (Wildman–Crippen MR) is 117 cm³/mol. The molecule has 1 aliphatic rings. The minimum Gasteiger partial charge on any atom is -0.372 e. The molecule has 0 bridgehead atoms. The quantitative estimate of drug-likeness (QED) is 0.617. The van der Waals surface area contributed by atoms with Crippen molar-refractivity contribution < 1.29 is 14.3 Å². The number of Topliss-reactive ketones (excluding diaryl/α,β-unsaturated/α-hetero) is 1. The van der Waals surface area contributed by atoms with Crippen molar-refractivity contribution >= 4 is 11.7 Å². The van der Waals surface area contributed by atoms with Crippen LogP contribution >= 0.6 is 0 Å². The molecule has 0 radical (unpaired) electrons. The van der Waals surface area contributed by atoms with Gasteiger partial charge in [-0.05, 0) is 35.6 Å². The normalized spacial score (nSPS) is 13.0. The summed E-state index contributed by atoms with van der Waals surface area (Å²) in [5.41, 5.74) is 3.60. The van der Waals surface area contributed by atoms with Crippen LogP contribution in [-0.2, 0) is 30.9 Å². The number of pyridine rings is 1. The monoisotopic (exact) mass is 416 g/mol. The second kappa shape index (κ2) is 9.53. The van der Waals surface area contributed by atoms with Crippen molar-refractivity contribution in [2.75, 3.05) is 0 Å². The Bertz CT molecular complexity index is 1150. The zero-order valence-electron chi connectivity index (χ0n) is 17.1. The largest absolute Gasteiger partial charge is 0.372 e. The summed E-state index contributed by atoms with van der Waals surface area (Å²) >= 11 is 0. The molecule has 0 saturated heterocycles. The lowest BCUT2D eigenvalue weighted by Gasteiger charge is -2.15. The molecule has 6 nitrogen and oxygen atoms in total. The van der Waals surface area contributed by atoms with E-state index in [-0.39, 0.29) is 17.9 Å². The first-order valence-corrected chi connectivity index (χ1v) is 10.4. The molecule has 0 aliphatic heterocycles. The highest BCUT2D eigenvalue weighted by molar-refractivity contribution is 6.01. The highest BCUT2D eigenvalue weighted by Crippen LogP contribution is 2.18. The molecule has 0 spiro atoms. The maximum atomic E-state index is 12.6. The molecular weight excluding hydrogens is 392 g/mol. The van der Waals surface area contributed by atoms with Gasteiger partial charge in [0.2, 0.25) is 0 Å². The molecule has 4 rings (SSSR count). The molecule has 1 amide bonds. The van der Waals surface area contributed by atoms with Gasteiger partial charge >= 0.3 is 0 Å². The van der Waals surface area contributed by atoms with Crippen molar-refractivity contribution in [2.45, 2.75) is 39.0 Å². The standard InChI is InChI=1S/C25H24N2O4/c28-23-11-5-10-22-20(23)13-21(25(30)27-22)24(29)26-14-18-8-4-9-19(12-18)16-31-15-17-6-2-1-3-7-17/h1-4,6-9,12-13H,5,10-11,14-16H2,(H,26,29)(H,27,30). The number of rotatable bonds is 7. The maximum Gasteiger partial charge on any atom is 0.261 e. The van der Waals surface area contributed by atoms with E-state index in [0.717, 1.165) is 23.1 Å². The fourth-order valence-corrected chi connectivity index (χ4v) is 3.71. The minimum atomic E-state index is -0.492. The predicted octanol–water partition coefficient (Wildman–Crippen LogP) is 3.54. The molecular formula is C25H24N2O4. The van der Waals surface area contributed by atoms with E-state index in [2.05, 4.69) is 10.3 Å². The molecule has 6 heteroatoms. The average Bonchev–Trinajstić information content (AvgIpc) is 2.78. The van der Waals surface area contributed by atoms with Gasteiger partial charge in [0.05, 0.1) is 13.2 Å². The Morgan fingerprint density at radius 2 is 1.65 bits per heavy atom. The molecule has 158 valence electrons. The van der Waals surface area contributed by atoms with E-state index in [9.17, 15) is 14.4 Å². The second-order valence-corrected chi connectivity index (χ2v) is 7.66. The lowest BCUT2D eigenvalue weighted by atomic mass is 9.93. The lowest BCUT2D eigenvalue weighted by Crippen LogP contribution is -2.31. The van der Waals surface area contributed by atoms with E-state index in [1.165, 1.54) is 6.07 Å². The van der Waals surface area contributed by atoms with Gasteiger partial charge in [-0.2, -0.15) is 0 Å². The van der Waals surface area contributed by atoms with Gasteiger partial charge in [-0.1, -0.05) is 54.6 Å². The van der Waals surface area contributed by atoms with Crippen molar-refractivity contribution in [3.05, 3.63) is 105 Å². The van der Waals surface area contributed by atoms with Crippen LogP contribution < -0.4 is 10.9 Å². The number of ketones is 1. The maximum absolute atomic E-state index is 12.6. The van der Waals surface area contributed by atoms with Crippen LogP contribution in [0.15, 0.2) is 65.5 Å². The Morgan fingerprint density at radius 1 is 0.903 bits per heavy atom. The summed E-state index contributed by atoms with van der Waals surface area (Å²) in [7, 11) is 0. The van der Waals surface area contributed by atoms with Gasteiger partial charge in [-0.15, -0.1) is 0 Å². The first-order valence-electron chi connectivity index (χ1n) is 10.4. The van der Waals surface area contributed by atoms with Crippen molar-refractivity contribution in [1.29, 1.82) is 0 Å². The van der Waals surface area contributed by atoms with Crippen LogP contribution in [0, 0.1) is 0 Å². The van der Waals surface area contributed by atoms with Gasteiger partial charge in [0, 0.05) is 24.2 Å². The summed E-state index contributed by atoms with van der Waals surface area (Å²) < 4.78 is 5.77. The van der Waals surface area contributed by atoms with E-state index in [0.29, 0.717) is 37.3 Å². The van der Waals surface area contributed by atoms with Crippen LogP contribution in [0.2, 0.25) is 0 Å². The summed E-state index contributed by atoms with van der Waals surface area (Å²) in [4.78, 5) is 39.7. The zero-order chi connectivity index (χ0) is 21.6. The first-order chi connectivity index (χ1) is 15.1. The number of aromatic nitrogens is 1. The third kappa shape index (κ3) is 5.16. The van der Waals surface area contributed by atoms with Crippen molar-refractivity contribution in [3.63, 3.8) is 0 Å². The second-order valence-electron chi connectivity index (χ2n) is 7.66. The molecule has 1 aromatic heterocycles. The summed E-state index contributed by atoms with van der Waals surface area (Å²) in [5, 5.41) is 2.78. The van der Waals surface area contributed by atoms with E-state index in [4.69, 9.17) is 4.74 Å². The van der Waals surface area contributed by atoms with Gasteiger partial charge in [0.25, 0.3) is 11.5 Å². The van der Waals surface area contributed by atoms with Crippen LogP contribution in [0.3, 0.4) is 0 Å². The number of carbonyl (C=O) groups is 2. The van der Waals surface area contributed by atoms with Crippen molar-refractivity contribution in [2.24, 2.45) is 0 Å². The van der Waals surface area contributed by atoms with Gasteiger partial charge in [-0.25, -0.2) is 0 Å². The topological polar surface area (TPSA) is 88.3 Å². The number of benzene rings is 2. The first kappa shape index (κ1) is 20.8.